The van der Waals surface area contributed by atoms with Crippen LogP contribution in [0.2, 0.25) is 5.02 Å². The molecule has 0 unspecified atom stereocenters. The highest BCUT2D eigenvalue weighted by molar-refractivity contribution is 7.89. The predicted molar refractivity (Wildman–Crippen MR) is 103 cm³/mol. The Balaban J connectivity index is 1.73. The van der Waals surface area contributed by atoms with Gasteiger partial charge in [0, 0.05) is 37.8 Å². The molecule has 26 heavy (non-hydrogen) atoms. The number of rotatable bonds is 5. The van der Waals surface area contributed by atoms with E-state index in [9.17, 15) is 13.2 Å². The van der Waals surface area contributed by atoms with Gasteiger partial charge in [-0.05, 0) is 54.3 Å². The zero-order chi connectivity index (χ0) is 18.9. The second kappa shape index (κ2) is 7.39. The Hall–Kier alpha value is -1.89. The van der Waals surface area contributed by atoms with Gasteiger partial charge in [-0.15, -0.1) is 0 Å². The average Bonchev–Trinajstić information content (AvgIpc) is 3.04. The third-order valence-corrected chi connectivity index (χ3v) is 6.63. The van der Waals surface area contributed by atoms with Crippen LogP contribution in [0.5, 0.6) is 0 Å². The standard InChI is InChI=1S/C19H21ClN2O3S/c1-21(2)26(24,25)17-8-9-18-15(13-17)11-12-22(18)19(23)10-5-14-3-6-16(20)7-4-14/h3-4,6-9,13H,5,10-12H2,1-2H3. The topological polar surface area (TPSA) is 57.7 Å². The molecule has 138 valence electrons. The molecule has 0 fully saturated rings. The van der Waals surface area contributed by atoms with Crippen LogP contribution in [0.4, 0.5) is 5.69 Å². The van der Waals surface area contributed by atoms with Crippen molar-refractivity contribution in [1.82, 2.24) is 4.31 Å². The molecule has 0 atom stereocenters. The third-order valence-electron chi connectivity index (χ3n) is 4.57. The molecule has 1 amide bonds. The fourth-order valence-corrected chi connectivity index (χ4v) is 4.12. The summed E-state index contributed by atoms with van der Waals surface area (Å²) >= 11 is 5.88. The number of sulfonamides is 1. The highest BCUT2D eigenvalue weighted by Gasteiger charge is 2.27. The molecule has 1 aliphatic heterocycles. The quantitative estimate of drug-likeness (QED) is 0.785. The van der Waals surface area contributed by atoms with Crippen molar-refractivity contribution >= 4 is 33.2 Å². The molecule has 1 aliphatic rings. The van der Waals surface area contributed by atoms with Crippen LogP contribution in [0, 0.1) is 0 Å². The lowest BCUT2D eigenvalue weighted by Crippen LogP contribution is -2.29. The van der Waals surface area contributed by atoms with E-state index in [2.05, 4.69) is 0 Å². The summed E-state index contributed by atoms with van der Waals surface area (Å²) in [7, 11) is -0.449. The summed E-state index contributed by atoms with van der Waals surface area (Å²) in [4.78, 5) is 14.6. The second-order valence-corrected chi connectivity index (χ2v) is 9.09. The number of hydrogen-bond donors (Lipinski definition) is 0. The summed E-state index contributed by atoms with van der Waals surface area (Å²) in [6.07, 6.45) is 1.71. The van der Waals surface area contributed by atoms with E-state index in [4.69, 9.17) is 11.6 Å². The van der Waals surface area contributed by atoms with Gasteiger partial charge in [0.25, 0.3) is 0 Å². The Morgan fingerprint density at radius 2 is 1.85 bits per heavy atom. The Morgan fingerprint density at radius 1 is 1.15 bits per heavy atom. The molecule has 0 radical (unpaired) electrons. The van der Waals surface area contributed by atoms with E-state index in [1.54, 1.807) is 23.1 Å². The van der Waals surface area contributed by atoms with Crippen LogP contribution in [0.3, 0.4) is 0 Å². The lowest BCUT2D eigenvalue weighted by molar-refractivity contribution is -0.118. The summed E-state index contributed by atoms with van der Waals surface area (Å²) in [5.74, 6) is 0.0434. The molecule has 0 aliphatic carbocycles. The Bertz CT molecular complexity index is 924. The van der Waals surface area contributed by atoms with Gasteiger partial charge < -0.3 is 4.90 Å². The fraction of sp³-hybridized carbons (Fsp3) is 0.316. The normalized spacial score (nSPS) is 13.9. The molecule has 0 spiro atoms. The van der Waals surface area contributed by atoms with Crippen molar-refractivity contribution in [2.75, 3.05) is 25.5 Å². The van der Waals surface area contributed by atoms with Crippen molar-refractivity contribution in [3.8, 4) is 0 Å². The van der Waals surface area contributed by atoms with Crippen molar-refractivity contribution in [1.29, 1.82) is 0 Å². The molecule has 0 bridgehead atoms. The first kappa shape index (κ1) is 18.9. The van der Waals surface area contributed by atoms with Gasteiger partial charge in [-0.1, -0.05) is 23.7 Å². The Kier molecular flexibility index (Phi) is 5.37. The van der Waals surface area contributed by atoms with Crippen molar-refractivity contribution in [2.24, 2.45) is 0 Å². The summed E-state index contributed by atoms with van der Waals surface area (Å²) in [5.41, 5.74) is 2.77. The van der Waals surface area contributed by atoms with Crippen LogP contribution in [0.25, 0.3) is 0 Å². The zero-order valence-electron chi connectivity index (χ0n) is 14.8. The van der Waals surface area contributed by atoms with Crippen LogP contribution in [-0.2, 0) is 27.7 Å². The molecular weight excluding hydrogens is 372 g/mol. The van der Waals surface area contributed by atoms with E-state index in [0.29, 0.717) is 30.8 Å². The third kappa shape index (κ3) is 3.77. The summed E-state index contributed by atoms with van der Waals surface area (Å²) in [6, 6.07) is 12.5. The number of carbonyl (C=O) groups excluding carboxylic acids is 1. The van der Waals surface area contributed by atoms with Crippen LogP contribution in [-0.4, -0.2) is 39.3 Å². The van der Waals surface area contributed by atoms with Gasteiger partial charge in [0.15, 0.2) is 0 Å². The largest absolute Gasteiger partial charge is 0.312 e. The number of nitrogens with zero attached hydrogens (tertiary/aromatic N) is 2. The Morgan fingerprint density at radius 3 is 2.50 bits per heavy atom. The first-order chi connectivity index (χ1) is 12.3. The van der Waals surface area contributed by atoms with Crippen LogP contribution in [0.1, 0.15) is 17.5 Å². The number of anilines is 1. The van der Waals surface area contributed by atoms with Gasteiger partial charge in [-0.25, -0.2) is 12.7 Å². The molecule has 1 heterocycles. The van der Waals surface area contributed by atoms with Crippen molar-refractivity contribution in [2.45, 2.75) is 24.2 Å². The van der Waals surface area contributed by atoms with Gasteiger partial charge >= 0.3 is 0 Å². The number of carbonyl (C=O) groups is 1. The maximum Gasteiger partial charge on any atom is 0.242 e. The van der Waals surface area contributed by atoms with E-state index in [1.807, 2.05) is 24.3 Å². The van der Waals surface area contributed by atoms with Crippen LogP contribution < -0.4 is 4.90 Å². The molecule has 2 aromatic carbocycles. The minimum atomic E-state index is -3.47. The van der Waals surface area contributed by atoms with E-state index in [0.717, 1.165) is 16.8 Å². The minimum absolute atomic E-state index is 0.0434. The van der Waals surface area contributed by atoms with Gasteiger partial charge in [-0.2, -0.15) is 0 Å². The summed E-state index contributed by atoms with van der Waals surface area (Å²) < 4.78 is 25.7. The SMILES string of the molecule is CN(C)S(=O)(=O)c1ccc2c(c1)CCN2C(=O)CCc1ccc(Cl)cc1. The number of amides is 1. The molecule has 0 saturated heterocycles. The smallest absolute Gasteiger partial charge is 0.242 e. The number of hydrogen-bond acceptors (Lipinski definition) is 3. The fourth-order valence-electron chi connectivity index (χ4n) is 3.05. The molecule has 5 nitrogen and oxygen atoms in total. The first-order valence-electron chi connectivity index (χ1n) is 8.39. The van der Waals surface area contributed by atoms with E-state index >= 15 is 0 Å². The van der Waals surface area contributed by atoms with Crippen molar-refractivity contribution in [3.05, 3.63) is 58.6 Å². The number of halogens is 1. The first-order valence-corrected chi connectivity index (χ1v) is 10.2. The lowest BCUT2D eigenvalue weighted by atomic mass is 10.1. The number of fused-ring (bicyclic) bond motifs is 1. The summed E-state index contributed by atoms with van der Waals surface area (Å²) in [6.45, 7) is 0.584. The van der Waals surface area contributed by atoms with Gasteiger partial charge in [0.05, 0.1) is 4.90 Å². The van der Waals surface area contributed by atoms with Crippen molar-refractivity contribution < 1.29 is 13.2 Å². The van der Waals surface area contributed by atoms with E-state index in [-0.39, 0.29) is 10.8 Å². The Labute approximate surface area is 159 Å². The van der Waals surface area contributed by atoms with Gasteiger partial charge in [-0.3, -0.25) is 4.79 Å². The van der Waals surface area contributed by atoms with Crippen LogP contribution in [0.15, 0.2) is 47.4 Å². The molecule has 0 N–H and O–H groups in total. The predicted octanol–water partition coefficient (Wildman–Crippen LogP) is 3.11. The number of benzene rings is 2. The summed E-state index contributed by atoms with van der Waals surface area (Å²) in [5, 5.41) is 0.678. The average molecular weight is 393 g/mol. The molecule has 0 saturated carbocycles. The van der Waals surface area contributed by atoms with Gasteiger partial charge in [0.1, 0.15) is 0 Å². The van der Waals surface area contributed by atoms with Gasteiger partial charge in [0.2, 0.25) is 15.9 Å². The van der Waals surface area contributed by atoms with E-state index in [1.165, 1.54) is 18.4 Å². The maximum atomic E-state index is 12.6. The molecule has 0 aromatic heterocycles. The monoisotopic (exact) mass is 392 g/mol. The minimum Gasteiger partial charge on any atom is -0.312 e. The van der Waals surface area contributed by atoms with E-state index < -0.39 is 10.0 Å². The lowest BCUT2D eigenvalue weighted by Gasteiger charge is -2.18. The van der Waals surface area contributed by atoms with Crippen molar-refractivity contribution in [3.63, 3.8) is 0 Å². The second-order valence-electron chi connectivity index (χ2n) is 6.50. The molecular formula is C19H21ClN2O3S. The maximum absolute atomic E-state index is 12.6. The number of aryl methyl sites for hydroxylation is 1. The molecule has 3 rings (SSSR count). The molecule has 2 aromatic rings. The molecule has 7 heteroatoms. The highest BCUT2D eigenvalue weighted by atomic mass is 35.5. The highest BCUT2D eigenvalue weighted by Crippen LogP contribution is 2.31. The zero-order valence-corrected chi connectivity index (χ0v) is 16.3. The van der Waals surface area contributed by atoms with Crippen LogP contribution >= 0.6 is 11.6 Å².